The van der Waals surface area contributed by atoms with Gasteiger partial charge in [0.25, 0.3) is 0 Å². The molecule has 0 fully saturated rings. The summed E-state index contributed by atoms with van der Waals surface area (Å²) in [6.45, 7) is 5.09. The molecule has 10 nitrogen and oxygen atoms in total. The molecule has 0 rings (SSSR count). The van der Waals surface area contributed by atoms with Crippen LogP contribution in [0.15, 0.2) is 0 Å². The summed E-state index contributed by atoms with van der Waals surface area (Å²) in [7, 11) is 1.52. The van der Waals surface area contributed by atoms with Crippen molar-refractivity contribution in [2.75, 3.05) is 20.1 Å². The fourth-order valence-electron chi connectivity index (χ4n) is 1.07. The number of nitrogens with one attached hydrogen (secondary N) is 4. The Kier molecular flexibility index (Phi) is 99.3. The average Bonchev–Trinajstić information content (AvgIpc) is 2.56. The maximum Gasteiger partial charge on any atom is 1.00 e. The van der Waals surface area contributed by atoms with E-state index in [9.17, 15) is 14.4 Å². The minimum atomic E-state index is -0.504. The fourth-order valence-corrected chi connectivity index (χ4v) is 1.07. The van der Waals surface area contributed by atoms with Crippen LogP contribution in [0.25, 0.3) is 22.2 Å². The largest absolute Gasteiger partial charge is 1.00 e. The van der Waals surface area contributed by atoms with Crippen molar-refractivity contribution >= 4 is 24.6 Å². The maximum absolute atomic E-state index is 11.0. The van der Waals surface area contributed by atoms with Gasteiger partial charge >= 0.3 is 284 Å². The molecule has 15 heteroatoms. The second-order valence-electron chi connectivity index (χ2n) is 3.69. The van der Waals surface area contributed by atoms with E-state index in [1.807, 2.05) is 0 Å². The summed E-state index contributed by atoms with van der Waals surface area (Å²) in [5.41, 5.74) is 17.3. The zero-order valence-electron chi connectivity index (χ0n) is 18.2. The van der Waals surface area contributed by atoms with E-state index < -0.39 is 11.9 Å². The number of amides is 3. The minimum absolute atomic E-state index is 0. The molecule has 0 radical (unpaired) electrons. The van der Waals surface area contributed by atoms with E-state index in [-0.39, 0.29) is 296 Å². The normalized spacial score (nSPS) is 7.86. The zero-order valence-corrected chi connectivity index (χ0v) is 41.0. The molecule has 0 bridgehead atoms. The van der Waals surface area contributed by atoms with Gasteiger partial charge in [0.05, 0.1) is 6.04 Å². The molecule has 0 aliphatic heterocycles. The Bertz CT molecular complexity index is 337. The van der Waals surface area contributed by atoms with Crippen molar-refractivity contribution in [3.8, 4) is 0 Å². The minimum Gasteiger partial charge on any atom is -0.831 e. The smallest absolute Gasteiger partial charge is 0.831 e. The second-order valence-corrected chi connectivity index (χ2v) is 3.69. The van der Waals surface area contributed by atoms with Gasteiger partial charge in [-0.05, 0) is 19.4 Å². The summed E-state index contributed by atoms with van der Waals surface area (Å²) in [4.78, 5) is 31.1. The standard InChI is InChI=1S/C7H14N3O2.C5H9N2O.CH2N2.K.4Rb/c1-9-7(12)6(10-5-11)3-2-4-8;1-2-3-7-5(8)4-6;2-1-3;;;;;/h6H,2-4,8H2,1H3,(H,9,12)(H,10,11);4,6H,1-3H2,(H,7,8);1H,(H-2,2,3);;;;;/q-1;-3;-2;5*+1/p-1. The van der Waals surface area contributed by atoms with Gasteiger partial charge in [0.15, 0.2) is 0 Å². The zero-order chi connectivity index (χ0) is 18.5. The number of nitrogens with two attached hydrogens (primary N) is 1. The summed E-state index contributed by atoms with van der Waals surface area (Å²) in [6.07, 6.45) is 3.60. The van der Waals surface area contributed by atoms with Gasteiger partial charge in [0.2, 0.25) is 5.91 Å². The van der Waals surface area contributed by atoms with E-state index in [0.29, 0.717) is 38.9 Å². The Balaban J connectivity index is -0.0000000372. The molecule has 0 spiro atoms. The molecule has 0 aromatic heterocycles. The SMILES string of the molecule is CNC(=O)C(CCCN)N[C-]=O.[CH2-]CC[N-]C(=O)[CH-][NH-].[K+].[N-]=C[NH-].[Rb+].[Rb+].[Rb+].[Rb+]. The Morgan fingerprint density at radius 1 is 1.36 bits per heavy atom. The molecule has 136 valence electrons. The van der Waals surface area contributed by atoms with Gasteiger partial charge in [-0.15, -0.1) is 5.91 Å². The number of likely N-dealkylation sites (N-methyl/N-ethyl adjacent to an activating group) is 1. The van der Waals surface area contributed by atoms with E-state index in [0.717, 1.165) is 0 Å². The molecule has 0 heterocycles. The third kappa shape index (κ3) is 49.6. The van der Waals surface area contributed by atoms with Crippen LogP contribution in [0.1, 0.15) is 19.3 Å². The summed E-state index contributed by atoms with van der Waals surface area (Å²) in [5, 5.41) is 15.3. The van der Waals surface area contributed by atoms with E-state index in [1.54, 1.807) is 0 Å². The molecule has 0 aliphatic carbocycles. The molecule has 28 heavy (non-hydrogen) atoms. The van der Waals surface area contributed by atoms with E-state index in [4.69, 9.17) is 22.6 Å². The molecule has 6 N–H and O–H groups in total. The first-order valence-corrected chi connectivity index (χ1v) is 6.67. The Morgan fingerprint density at radius 2 is 1.82 bits per heavy atom. The van der Waals surface area contributed by atoms with Crippen molar-refractivity contribution in [3.63, 3.8) is 0 Å². The third-order valence-electron chi connectivity index (χ3n) is 2.04. The van der Waals surface area contributed by atoms with Crippen LogP contribution in [0.3, 0.4) is 0 Å². The molecule has 3 amide bonds. The number of rotatable bonds is 9. The second kappa shape index (κ2) is 50.4. The monoisotopic (exact) mass is 705 g/mol. The average molecular weight is 707 g/mol. The van der Waals surface area contributed by atoms with Gasteiger partial charge in [-0.25, -0.2) is 0 Å². The summed E-state index contributed by atoms with van der Waals surface area (Å²) in [6, 6.07) is -0.504. The number of carbonyl (C=O) groups is 2. The predicted molar refractivity (Wildman–Crippen MR) is 90.5 cm³/mol. The molecule has 0 saturated carbocycles. The maximum atomic E-state index is 11.0. The summed E-state index contributed by atoms with van der Waals surface area (Å²) in [5.74, 6) is -0.694. The van der Waals surface area contributed by atoms with Crippen LogP contribution in [0, 0.1) is 13.5 Å². The Labute approximate surface area is 407 Å². The van der Waals surface area contributed by atoms with Crippen LogP contribution >= 0.6 is 0 Å². The Morgan fingerprint density at radius 3 is 2.11 bits per heavy atom. The molecular weight excluding hydrogens is 683 g/mol. The van der Waals surface area contributed by atoms with Crippen molar-refractivity contribution in [1.29, 1.82) is 0 Å². The van der Waals surface area contributed by atoms with Crippen molar-refractivity contribution in [3.05, 3.63) is 35.7 Å². The number of nitrogens with zero attached hydrogens (tertiary/aromatic N) is 2. The molecule has 1 atom stereocenters. The molecule has 0 saturated heterocycles. The van der Waals surface area contributed by atoms with Crippen LogP contribution in [0.5, 0.6) is 0 Å². The van der Waals surface area contributed by atoms with Gasteiger partial charge in [0, 0.05) is 7.05 Å². The molecule has 0 aromatic rings. The quantitative estimate of drug-likeness (QED) is 0.0708. The Hall–Kier alpha value is 6.53. The molecule has 0 aliphatic rings. The first-order chi connectivity index (χ1) is 11.0. The first-order valence-electron chi connectivity index (χ1n) is 6.67. The summed E-state index contributed by atoms with van der Waals surface area (Å²) < 4.78 is 0. The van der Waals surface area contributed by atoms with Crippen molar-refractivity contribution in [2.24, 2.45) is 5.73 Å². The van der Waals surface area contributed by atoms with Crippen LogP contribution < -0.4 is 301 Å². The predicted octanol–water partition coefficient (Wildman–Crippen LogP) is -14.5. The molecule has 0 aromatic carbocycles. The number of hydrogen-bond donors (Lipinski definition) is 3. The van der Waals surface area contributed by atoms with Crippen LogP contribution in [-0.2, 0) is 14.4 Å². The van der Waals surface area contributed by atoms with Crippen LogP contribution in [0.2, 0.25) is 0 Å². The number of carbonyl (C=O) groups excluding carboxylic acids is 3. The summed E-state index contributed by atoms with van der Waals surface area (Å²) >= 11 is 0. The van der Waals surface area contributed by atoms with E-state index in [1.165, 1.54) is 13.5 Å². The van der Waals surface area contributed by atoms with Crippen molar-refractivity contribution in [2.45, 2.75) is 25.3 Å². The van der Waals surface area contributed by atoms with E-state index >= 15 is 0 Å². The molecular formula is C13H24KN7O3Rb4-2. The van der Waals surface area contributed by atoms with Crippen LogP contribution in [0.4, 0.5) is 0 Å². The van der Waals surface area contributed by atoms with Crippen molar-refractivity contribution < 1.29 is 299 Å². The molecule has 1 unspecified atom stereocenters. The first kappa shape index (κ1) is 55.2. The van der Waals surface area contributed by atoms with E-state index in [2.05, 4.69) is 22.9 Å². The topological polar surface area (TPSA) is 185 Å². The van der Waals surface area contributed by atoms with Gasteiger partial charge in [-0.2, -0.15) is 19.4 Å². The van der Waals surface area contributed by atoms with Gasteiger partial charge in [0.1, 0.15) is 0 Å². The van der Waals surface area contributed by atoms with Gasteiger partial charge < -0.3 is 68.0 Å². The number of hydrogen-bond acceptors (Lipinski definition) is 4. The van der Waals surface area contributed by atoms with Gasteiger partial charge in [-0.1, -0.05) is 0 Å². The fraction of sp³-hybridized carbons (Fsp3) is 0.538. The van der Waals surface area contributed by atoms with Crippen LogP contribution in [-0.4, -0.2) is 50.7 Å². The van der Waals surface area contributed by atoms with Gasteiger partial charge in [-0.3, -0.25) is 4.79 Å². The van der Waals surface area contributed by atoms with Crippen molar-refractivity contribution in [1.82, 2.24) is 10.6 Å². The third-order valence-corrected chi connectivity index (χ3v) is 2.04.